The summed E-state index contributed by atoms with van der Waals surface area (Å²) in [6.45, 7) is 12.2. The molecule has 2 aromatic rings. The first-order valence-corrected chi connectivity index (χ1v) is 15.0. The molecule has 1 fully saturated rings. The number of aliphatic carboxylic acids is 1. The zero-order valence-electron chi connectivity index (χ0n) is 27.9. The maximum absolute atomic E-state index is 12.0. The largest absolute Gasteiger partial charge is 0.493 e. The number of amides is 1. The maximum atomic E-state index is 12.0. The van der Waals surface area contributed by atoms with E-state index in [-0.39, 0.29) is 72.8 Å². The zero-order valence-corrected chi connectivity index (χ0v) is 27.9. The fourth-order valence-corrected chi connectivity index (χ4v) is 3.47. The number of pyridine rings is 1. The summed E-state index contributed by atoms with van der Waals surface area (Å²) in [6, 6.07) is 11.3. The number of rotatable bonds is 9. The van der Waals surface area contributed by atoms with Crippen LogP contribution in [0.15, 0.2) is 42.6 Å². The second kappa shape index (κ2) is 22.8. The number of cyclic esters (lactones) is 2. The molecule has 0 bridgehead atoms. The van der Waals surface area contributed by atoms with Crippen LogP contribution in [0, 0.1) is 17.8 Å². The van der Waals surface area contributed by atoms with Gasteiger partial charge in [0.1, 0.15) is 6.61 Å². The van der Waals surface area contributed by atoms with Gasteiger partial charge in [0.2, 0.25) is 6.79 Å². The SMILES string of the molecule is CC.CC(C)C(=O)O.COc1ccnc(C(N)=O)c1OCOC(=O)C(C)C.C[C@H]1C[C@@H](Cc2ccccc2)C(=O)OCCC(=O)O1. The Bertz CT molecular complexity index is 1230. The van der Waals surface area contributed by atoms with Crippen LogP contribution in [-0.4, -0.2) is 66.5 Å². The molecule has 2 heterocycles. The molecule has 3 N–H and O–H groups in total. The lowest BCUT2D eigenvalue weighted by Crippen LogP contribution is -2.24. The van der Waals surface area contributed by atoms with Gasteiger partial charge in [-0.3, -0.25) is 24.0 Å². The Kier molecular flexibility index (Phi) is 20.5. The number of methoxy groups -OCH3 is 1. The van der Waals surface area contributed by atoms with Crippen molar-refractivity contribution in [2.24, 2.45) is 23.5 Å². The Hall–Kier alpha value is -4.68. The van der Waals surface area contributed by atoms with Gasteiger partial charge in [0.15, 0.2) is 17.2 Å². The molecule has 13 nitrogen and oxygen atoms in total. The quantitative estimate of drug-likeness (QED) is 0.219. The number of aromatic nitrogens is 1. The fourth-order valence-electron chi connectivity index (χ4n) is 3.47. The average molecular weight is 649 g/mol. The minimum Gasteiger partial charge on any atom is -0.493 e. The van der Waals surface area contributed by atoms with Crippen LogP contribution < -0.4 is 15.2 Å². The van der Waals surface area contributed by atoms with Gasteiger partial charge in [-0.1, -0.05) is 71.9 Å². The van der Waals surface area contributed by atoms with Gasteiger partial charge < -0.3 is 34.5 Å². The number of ether oxygens (including phenoxy) is 5. The lowest BCUT2D eigenvalue weighted by molar-refractivity contribution is -0.154. The van der Waals surface area contributed by atoms with Gasteiger partial charge >= 0.3 is 23.9 Å². The minimum atomic E-state index is -0.760. The highest BCUT2D eigenvalue weighted by atomic mass is 16.7. The molecule has 1 amide bonds. The van der Waals surface area contributed by atoms with Crippen LogP contribution in [0.2, 0.25) is 0 Å². The van der Waals surface area contributed by atoms with Gasteiger partial charge in [-0.05, 0) is 25.3 Å². The predicted molar refractivity (Wildman–Crippen MR) is 169 cm³/mol. The lowest BCUT2D eigenvalue weighted by Gasteiger charge is -2.18. The highest BCUT2D eigenvalue weighted by Crippen LogP contribution is 2.29. The first kappa shape index (κ1) is 41.3. The van der Waals surface area contributed by atoms with Crippen molar-refractivity contribution in [2.45, 2.75) is 73.8 Å². The molecule has 0 spiro atoms. The predicted octanol–water partition coefficient (Wildman–Crippen LogP) is 4.59. The van der Waals surface area contributed by atoms with E-state index in [2.05, 4.69) is 4.98 Å². The number of carboxylic acids is 1. The highest BCUT2D eigenvalue weighted by Gasteiger charge is 2.27. The number of hydrogen-bond donors (Lipinski definition) is 2. The molecule has 0 aliphatic carbocycles. The molecule has 1 saturated heterocycles. The van der Waals surface area contributed by atoms with E-state index in [0.717, 1.165) is 5.56 Å². The lowest BCUT2D eigenvalue weighted by atomic mass is 9.94. The van der Waals surface area contributed by atoms with Gasteiger partial charge in [-0.2, -0.15) is 0 Å². The smallest absolute Gasteiger partial charge is 0.311 e. The van der Waals surface area contributed by atoms with Crippen LogP contribution in [0.1, 0.15) is 77.4 Å². The summed E-state index contributed by atoms with van der Waals surface area (Å²) >= 11 is 0. The van der Waals surface area contributed by atoms with Crippen molar-refractivity contribution in [3.63, 3.8) is 0 Å². The van der Waals surface area contributed by atoms with Gasteiger partial charge in [-0.15, -0.1) is 0 Å². The number of hydrogen-bond acceptors (Lipinski definition) is 11. The van der Waals surface area contributed by atoms with E-state index >= 15 is 0 Å². The third-order valence-corrected chi connectivity index (χ3v) is 5.85. The third kappa shape index (κ3) is 16.4. The number of nitrogens with two attached hydrogens (primary N) is 1. The van der Waals surface area contributed by atoms with Crippen molar-refractivity contribution in [2.75, 3.05) is 20.5 Å². The van der Waals surface area contributed by atoms with E-state index in [1.165, 1.54) is 19.4 Å². The molecule has 256 valence electrons. The molecular weight excluding hydrogens is 600 g/mol. The Morgan fingerprint density at radius 3 is 2.17 bits per heavy atom. The normalized spacial score (nSPS) is 15.7. The Labute approximate surface area is 270 Å². The Morgan fingerprint density at radius 2 is 1.65 bits per heavy atom. The molecule has 2 atom stereocenters. The molecule has 1 aliphatic heterocycles. The van der Waals surface area contributed by atoms with E-state index in [1.54, 1.807) is 27.7 Å². The summed E-state index contributed by atoms with van der Waals surface area (Å²) < 4.78 is 25.4. The summed E-state index contributed by atoms with van der Waals surface area (Å²) in [4.78, 5) is 59.3. The van der Waals surface area contributed by atoms with Crippen molar-refractivity contribution in [1.82, 2.24) is 4.98 Å². The molecular formula is C33H48N2O11. The summed E-state index contributed by atoms with van der Waals surface area (Å²) in [5.41, 5.74) is 6.18. The number of carbonyl (C=O) groups excluding carboxylic acids is 4. The van der Waals surface area contributed by atoms with Crippen molar-refractivity contribution >= 4 is 29.8 Å². The molecule has 0 saturated carbocycles. The summed E-state index contributed by atoms with van der Waals surface area (Å²) in [7, 11) is 1.41. The molecule has 0 radical (unpaired) electrons. The van der Waals surface area contributed by atoms with Gasteiger partial charge in [0, 0.05) is 12.3 Å². The third-order valence-electron chi connectivity index (χ3n) is 5.85. The van der Waals surface area contributed by atoms with Crippen LogP contribution in [0.25, 0.3) is 0 Å². The maximum Gasteiger partial charge on any atom is 0.311 e. The minimum absolute atomic E-state index is 0.0501. The van der Waals surface area contributed by atoms with Crippen molar-refractivity contribution in [3.05, 3.63) is 53.9 Å². The monoisotopic (exact) mass is 648 g/mol. The summed E-state index contributed by atoms with van der Waals surface area (Å²) in [5, 5.41) is 7.99. The number of nitrogens with zero attached hydrogens (tertiary/aromatic N) is 1. The van der Waals surface area contributed by atoms with Gasteiger partial charge in [0.05, 0.1) is 37.4 Å². The first-order chi connectivity index (χ1) is 21.8. The Morgan fingerprint density at radius 1 is 1.04 bits per heavy atom. The number of esters is 3. The molecule has 1 aromatic heterocycles. The summed E-state index contributed by atoms with van der Waals surface area (Å²) in [5.74, 6) is -2.89. The molecule has 3 rings (SSSR count). The number of benzene rings is 1. The van der Waals surface area contributed by atoms with E-state index in [9.17, 15) is 24.0 Å². The molecule has 1 aliphatic rings. The van der Waals surface area contributed by atoms with Gasteiger partial charge in [-0.25, -0.2) is 4.98 Å². The van der Waals surface area contributed by atoms with Crippen LogP contribution in [0.3, 0.4) is 0 Å². The number of primary amides is 1. The van der Waals surface area contributed by atoms with Crippen LogP contribution in [-0.2, 0) is 39.8 Å². The number of carbonyl (C=O) groups is 5. The second-order valence-electron chi connectivity index (χ2n) is 10.3. The van der Waals surface area contributed by atoms with Gasteiger partial charge in [0.25, 0.3) is 5.91 Å². The fraction of sp³-hybridized carbons (Fsp3) is 0.515. The molecule has 0 unspecified atom stereocenters. The van der Waals surface area contributed by atoms with Crippen LogP contribution in [0.4, 0.5) is 0 Å². The van der Waals surface area contributed by atoms with E-state index in [4.69, 9.17) is 34.5 Å². The standard InChI is InChI=1S/C15H18O4.C12H16N2O5.C4H8O2.C2H6/c1-11-9-13(10-12-5-3-2-4-6-12)15(17)18-8-7-14(16)19-11;1-7(2)12(16)19-6-18-10-8(17-3)4-5-14-9(10)11(13)15;1-3(2)4(5)6;1-2/h2-6,11,13H,7-10H2,1H3;4-5,7H,6H2,1-3H3,(H2,13,15);3H,1-2H3,(H,5,6);1-2H3/t11-,13-;;;/m0.../s1. The zero-order chi connectivity index (χ0) is 35.2. The molecule has 1 aromatic carbocycles. The number of carboxylic acid groups (broad SMARTS) is 1. The van der Waals surface area contributed by atoms with Crippen molar-refractivity contribution in [1.29, 1.82) is 0 Å². The first-order valence-electron chi connectivity index (χ1n) is 15.0. The van der Waals surface area contributed by atoms with Crippen LogP contribution in [0.5, 0.6) is 11.5 Å². The summed E-state index contributed by atoms with van der Waals surface area (Å²) in [6.07, 6.45) is 2.35. The van der Waals surface area contributed by atoms with E-state index in [0.29, 0.717) is 12.8 Å². The highest BCUT2D eigenvalue weighted by molar-refractivity contribution is 5.94. The van der Waals surface area contributed by atoms with E-state index in [1.807, 2.05) is 51.1 Å². The topological polar surface area (TPSA) is 191 Å². The average Bonchev–Trinajstić information content (AvgIpc) is 3.07. The van der Waals surface area contributed by atoms with Crippen molar-refractivity contribution < 1.29 is 52.8 Å². The molecule has 46 heavy (non-hydrogen) atoms. The van der Waals surface area contributed by atoms with Crippen LogP contribution >= 0.6 is 0 Å². The van der Waals surface area contributed by atoms with E-state index < -0.39 is 17.8 Å². The van der Waals surface area contributed by atoms with Crippen molar-refractivity contribution in [3.8, 4) is 11.5 Å². The molecule has 13 heteroatoms. The Balaban J connectivity index is 0.000000716. The second-order valence-corrected chi connectivity index (χ2v) is 10.3.